The Bertz CT molecular complexity index is 1520. The highest BCUT2D eigenvalue weighted by molar-refractivity contribution is 7.98. The number of carbonyl (C=O) groups is 1. The van der Waals surface area contributed by atoms with Gasteiger partial charge in [-0.1, -0.05) is 24.1 Å². The highest BCUT2D eigenvalue weighted by Crippen LogP contribution is 2.30. The van der Waals surface area contributed by atoms with Crippen molar-refractivity contribution in [2.24, 2.45) is 0 Å². The maximum Gasteiger partial charge on any atom is 0.307 e. The van der Waals surface area contributed by atoms with E-state index in [0.717, 1.165) is 57.1 Å². The van der Waals surface area contributed by atoms with Crippen LogP contribution in [0.4, 0.5) is 0 Å². The number of benzene rings is 2. The van der Waals surface area contributed by atoms with Crippen molar-refractivity contribution in [3.8, 4) is 34.7 Å². The van der Waals surface area contributed by atoms with Crippen molar-refractivity contribution in [3.63, 3.8) is 0 Å². The number of carbonyl (C=O) groups excluding carboxylic acids is 1. The lowest BCUT2D eigenvalue weighted by Gasteiger charge is -2.12. The van der Waals surface area contributed by atoms with Gasteiger partial charge in [-0.15, -0.1) is 11.0 Å². The standard InChI is InChI=1S/C33H37N3O4S.2H2O/c1-6-9-27(20-31(37)38-7-2)26-11-13-28(14-12-26)40-22-25-10-15-30-34-33(35-36(30)21-25)32-23(3)18-29(19-24(32)4)39-16-8-17-41-5;;/h10-15,18-19,21,27H,7-8,16-17,20,22H2,1-5H3;2*1H2/t27-;;/m0../s1. The van der Waals surface area contributed by atoms with Crippen molar-refractivity contribution in [2.75, 3.05) is 25.2 Å². The molecular weight excluding hydrogens is 566 g/mol. The van der Waals surface area contributed by atoms with Gasteiger partial charge in [0.1, 0.15) is 18.1 Å². The van der Waals surface area contributed by atoms with Crippen LogP contribution in [0.15, 0.2) is 54.7 Å². The number of ether oxygens (including phenoxy) is 3. The minimum absolute atomic E-state index is 0. The summed E-state index contributed by atoms with van der Waals surface area (Å²) in [6, 6.07) is 15.8. The molecule has 2 aromatic carbocycles. The molecule has 9 nitrogen and oxygen atoms in total. The van der Waals surface area contributed by atoms with Gasteiger partial charge in [0.05, 0.1) is 25.6 Å². The van der Waals surface area contributed by atoms with Gasteiger partial charge in [0.2, 0.25) is 0 Å². The molecule has 2 aromatic heterocycles. The van der Waals surface area contributed by atoms with Gasteiger partial charge >= 0.3 is 5.97 Å². The van der Waals surface area contributed by atoms with Gasteiger partial charge in [-0.25, -0.2) is 9.50 Å². The summed E-state index contributed by atoms with van der Waals surface area (Å²) in [7, 11) is 0. The summed E-state index contributed by atoms with van der Waals surface area (Å²) in [5, 5.41) is 4.78. The number of nitrogens with zero attached hydrogens (tertiary/aromatic N) is 3. The fourth-order valence-corrected chi connectivity index (χ4v) is 5.05. The first-order valence-electron chi connectivity index (χ1n) is 13.8. The molecule has 0 saturated heterocycles. The van der Waals surface area contributed by atoms with E-state index in [-0.39, 0.29) is 29.3 Å². The molecule has 0 aliphatic rings. The molecule has 43 heavy (non-hydrogen) atoms. The van der Waals surface area contributed by atoms with E-state index in [9.17, 15) is 4.79 Å². The molecule has 10 heteroatoms. The lowest BCUT2D eigenvalue weighted by molar-refractivity contribution is -0.143. The number of fused-ring (bicyclic) bond motifs is 1. The average Bonchev–Trinajstić information content (AvgIpc) is 3.37. The molecule has 230 valence electrons. The smallest absolute Gasteiger partial charge is 0.307 e. The molecule has 0 aliphatic heterocycles. The van der Waals surface area contributed by atoms with E-state index < -0.39 is 0 Å². The Morgan fingerprint density at radius 3 is 2.40 bits per heavy atom. The quantitative estimate of drug-likeness (QED) is 0.117. The Hall–Kier alpha value is -4.04. The van der Waals surface area contributed by atoms with Crippen LogP contribution in [-0.4, -0.2) is 56.7 Å². The monoisotopic (exact) mass is 607 g/mol. The molecule has 0 bridgehead atoms. The maximum atomic E-state index is 12.0. The molecule has 0 saturated carbocycles. The average molecular weight is 608 g/mol. The lowest BCUT2D eigenvalue weighted by Crippen LogP contribution is -2.09. The summed E-state index contributed by atoms with van der Waals surface area (Å²) < 4.78 is 18.9. The zero-order chi connectivity index (χ0) is 29.2. The van der Waals surface area contributed by atoms with E-state index in [0.29, 0.717) is 25.6 Å². The van der Waals surface area contributed by atoms with Crippen molar-refractivity contribution in [1.82, 2.24) is 14.6 Å². The van der Waals surface area contributed by atoms with E-state index in [2.05, 4.69) is 44.1 Å². The number of hydrogen-bond donors (Lipinski definition) is 0. The third-order valence-electron chi connectivity index (χ3n) is 6.57. The Labute approximate surface area is 257 Å². The van der Waals surface area contributed by atoms with Crippen molar-refractivity contribution in [2.45, 2.75) is 53.1 Å². The molecule has 0 aliphatic carbocycles. The molecule has 0 unspecified atom stereocenters. The van der Waals surface area contributed by atoms with Gasteiger partial charge in [-0.05, 0) is 93.1 Å². The number of aromatic nitrogens is 3. The predicted molar refractivity (Wildman–Crippen MR) is 172 cm³/mol. The van der Waals surface area contributed by atoms with Crippen molar-refractivity contribution >= 4 is 23.4 Å². The van der Waals surface area contributed by atoms with Crippen LogP contribution in [0, 0.1) is 25.7 Å². The minimum atomic E-state index is -0.249. The maximum absolute atomic E-state index is 12.0. The second kappa shape index (κ2) is 17.2. The van der Waals surface area contributed by atoms with Gasteiger partial charge in [-0.2, -0.15) is 11.8 Å². The lowest BCUT2D eigenvalue weighted by atomic mass is 9.96. The van der Waals surface area contributed by atoms with Crippen molar-refractivity contribution in [1.29, 1.82) is 0 Å². The Morgan fingerprint density at radius 2 is 1.74 bits per heavy atom. The third kappa shape index (κ3) is 9.48. The Morgan fingerprint density at radius 1 is 1.02 bits per heavy atom. The van der Waals surface area contributed by atoms with Gasteiger partial charge in [-0.3, -0.25) is 4.79 Å². The zero-order valence-corrected chi connectivity index (χ0v) is 26.2. The van der Waals surface area contributed by atoms with Crippen LogP contribution in [0.3, 0.4) is 0 Å². The molecule has 0 fully saturated rings. The first-order chi connectivity index (χ1) is 19.9. The van der Waals surface area contributed by atoms with Crippen LogP contribution in [0.2, 0.25) is 0 Å². The third-order valence-corrected chi connectivity index (χ3v) is 7.26. The van der Waals surface area contributed by atoms with Gasteiger partial charge in [0, 0.05) is 17.3 Å². The summed E-state index contributed by atoms with van der Waals surface area (Å²) in [6.45, 7) is 9.17. The van der Waals surface area contributed by atoms with Crippen LogP contribution < -0.4 is 9.47 Å². The molecular formula is C33H41N3O6S. The Kier molecular flexibility index (Phi) is 14.0. The number of hydrogen-bond acceptors (Lipinski definition) is 7. The van der Waals surface area contributed by atoms with Crippen LogP contribution >= 0.6 is 11.8 Å². The zero-order valence-electron chi connectivity index (χ0n) is 25.4. The number of aryl methyl sites for hydroxylation is 2. The summed E-state index contributed by atoms with van der Waals surface area (Å²) in [5.41, 5.74) is 5.89. The number of rotatable bonds is 13. The van der Waals surface area contributed by atoms with E-state index in [1.165, 1.54) is 0 Å². The van der Waals surface area contributed by atoms with Gasteiger partial charge in [0.15, 0.2) is 11.5 Å². The molecule has 2 heterocycles. The SMILES string of the molecule is CC#C[C@@H](CC(=O)OCC)c1ccc(OCc2ccc3nc(-c4c(C)cc(OCCCSC)cc4C)nn3c2)cc1.O.O. The topological polar surface area (TPSA) is 138 Å². The van der Waals surface area contributed by atoms with Crippen LogP contribution in [-0.2, 0) is 16.1 Å². The van der Waals surface area contributed by atoms with Crippen molar-refractivity contribution in [3.05, 3.63) is 77.0 Å². The summed E-state index contributed by atoms with van der Waals surface area (Å²) in [5.74, 6) is 8.95. The molecule has 4 aromatic rings. The van der Waals surface area contributed by atoms with E-state index in [1.807, 2.05) is 54.4 Å². The second-order valence-corrected chi connectivity index (χ2v) is 10.7. The fourth-order valence-electron chi connectivity index (χ4n) is 4.65. The van der Waals surface area contributed by atoms with Crippen molar-refractivity contribution < 1.29 is 30.0 Å². The van der Waals surface area contributed by atoms with E-state index in [4.69, 9.17) is 24.3 Å². The molecule has 0 radical (unpaired) electrons. The first-order valence-corrected chi connectivity index (χ1v) is 15.2. The van der Waals surface area contributed by atoms with Gasteiger partial charge in [0.25, 0.3) is 0 Å². The van der Waals surface area contributed by atoms with Crippen LogP contribution in [0.1, 0.15) is 54.9 Å². The molecule has 1 atom stereocenters. The number of pyridine rings is 1. The Balaban J connectivity index is 0.00000323. The largest absolute Gasteiger partial charge is 0.494 e. The van der Waals surface area contributed by atoms with E-state index in [1.54, 1.807) is 18.4 Å². The first kappa shape index (κ1) is 35.2. The highest BCUT2D eigenvalue weighted by Gasteiger charge is 2.16. The number of thioether (sulfide) groups is 1. The predicted octanol–water partition coefficient (Wildman–Crippen LogP) is 5.13. The second-order valence-electron chi connectivity index (χ2n) is 9.72. The van der Waals surface area contributed by atoms with E-state index >= 15 is 0 Å². The normalized spacial score (nSPS) is 11.0. The highest BCUT2D eigenvalue weighted by atomic mass is 32.2. The minimum Gasteiger partial charge on any atom is -0.494 e. The summed E-state index contributed by atoms with van der Waals surface area (Å²) >= 11 is 1.83. The molecule has 0 spiro atoms. The van der Waals surface area contributed by atoms with Gasteiger partial charge < -0.3 is 25.2 Å². The van der Waals surface area contributed by atoms with Crippen LogP contribution in [0.25, 0.3) is 17.0 Å². The molecule has 4 rings (SSSR count). The van der Waals surface area contributed by atoms with Crippen LogP contribution in [0.5, 0.6) is 11.5 Å². The molecule has 0 amide bonds. The fraction of sp³-hybridized carbons (Fsp3) is 0.364. The summed E-state index contributed by atoms with van der Waals surface area (Å²) in [6.07, 6.45) is 5.30. The number of esters is 1. The molecule has 4 N–H and O–H groups in total. The summed E-state index contributed by atoms with van der Waals surface area (Å²) in [4.78, 5) is 16.7.